The van der Waals surface area contributed by atoms with Crippen molar-refractivity contribution in [3.05, 3.63) is 4.88 Å². The average molecular weight is 329 g/mol. The molecule has 1 atom stereocenters. The number of anilines is 2. The summed E-state index contributed by atoms with van der Waals surface area (Å²) in [4.78, 5) is 21.1. The van der Waals surface area contributed by atoms with Gasteiger partial charge in [0.05, 0.1) is 0 Å². The number of nitrogen functional groups attached to an aromatic ring is 1. The van der Waals surface area contributed by atoms with Crippen LogP contribution in [0.3, 0.4) is 0 Å². The molecule has 2 heterocycles. The van der Waals surface area contributed by atoms with Gasteiger partial charge in [-0.3, -0.25) is 4.79 Å². The van der Waals surface area contributed by atoms with Crippen molar-refractivity contribution in [1.82, 2.24) is 9.88 Å². The van der Waals surface area contributed by atoms with Crippen molar-refractivity contribution in [3.63, 3.8) is 0 Å². The number of carbonyl (C=O) groups is 1. The minimum absolute atomic E-state index is 0.0494. The highest BCUT2D eigenvalue weighted by Crippen LogP contribution is 2.30. The van der Waals surface area contributed by atoms with Crippen LogP contribution in [0, 0.1) is 0 Å². The van der Waals surface area contributed by atoms with Crippen LogP contribution < -0.4 is 16.4 Å². The largest absolute Gasteiger partial charge is 0.382 e. The Morgan fingerprint density at radius 3 is 3.05 bits per heavy atom. The summed E-state index contributed by atoms with van der Waals surface area (Å²) in [5.74, 6) is 1.19. The predicted octanol–water partition coefficient (Wildman–Crippen LogP) is 1.09. The lowest BCUT2D eigenvalue weighted by atomic mass is 10.1. The van der Waals surface area contributed by atoms with E-state index in [2.05, 4.69) is 9.88 Å². The molecular weight excluding hydrogens is 306 g/mol. The molecule has 0 bridgehead atoms. The van der Waals surface area contributed by atoms with E-state index in [-0.39, 0.29) is 11.9 Å². The Hall–Kier alpha value is -0.990. The Bertz CT molecular complexity index is 493. The van der Waals surface area contributed by atoms with Gasteiger partial charge in [0, 0.05) is 38.5 Å². The maximum Gasteiger partial charge on any atom is 0.267 e. The molecule has 4 N–H and O–H groups in total. The molecule has 0 aromatic carbocycles. The second-order valence-electron chi connectivity index (χ2n) is 5.28. The first-order valence-corrected chi connectivity index (χ1v) is 9.25. The van der Waals surface area contributed by atoms with Gasteiger partial charge in [-0.05, 0) is 19.1 Å². The number of hydrogen-bond donors (Lipinski definition) is 2. The molecule has 8 heteroatoms. The number of nitrogens with two attached hydrogens (primary N) is 2. The number of rotatable bonds is 5. The highest BCUT2D eigenvalue weighted by molar-refractivity contribution is 7.98. The smallest absolute Gasteiger partial charge is 0.267 e. The van der Waals surface area contributed by atoms with Gasteiger partial charge in [0.15, 0.2) is 5.13 Å². The van der Waals surface area contributed by atoms with Gasteiger partial charge in [-0.15, -0.1) is 0 Å². The van der Waals surface area contributed by atoms with Crippen molar-refractivity contribution in [1.29, 1.82) is 0 Å². The van der Waals surface area contributed by atoms with Crippen molar-refractivity contribution in [2.45, 2.75) is 18.9 Å². The quantitative estimate of drug-likeness (QED) is 0.840. The Kier molecular flexibility index (Phi) is 5.72. The van der Waals surface area contributed by atoms with Gasteiger partial charge in [0.25, 0.3) is 5.91 Å². The number of piperidine rings is 1. The van der Waals surface area contributed by atoms with Gasteiger partial charge >= 0.3 is 0 Å². The first-order valence-electron chi connectivity index (χ1n) is 7.04. The zero-order valence-corrected chi connectivity index (χ0v) is 14.2. The molecule has 1 aromatic rings. The topological polar surface area (TPSA) is 88.5 Å². The number of carbonyl (C=O) groups excluding carboxylic acids is 1. The standard InChI is InChI=1S/C13H23N5OS2/c1-17(6-7-20-2)12(19)10-11(15)16-13(21-10)18-5-3-4-9(14)8-18/h9H,3-8,14-15H2,1-2H3. The monoisotopic (exact) mass is 329 g/mol. The summed E-state index contributed by atoms with van der Waals surface area (Å²) in [6.07, 6.45) is 4.12. The van der Waals surface area contributed by atoms with E-state index in [0.29, 0.717) is 17.2 Å². The number of hydrogen-bond acceptors (Lipinski definition) is 7. The zero-order chi connectivity index (χ0) is 15.4. The lowest BCUT2D eigenvalue weighted by Crippen LogP contribution is -2.42. The zero-order valence-electron chi connectivity index (χ0n) is 12.5. The van der Waals surface area contributed by atoms with E-state index >= 15 is 0 Å². The third-order valence-electron chi connectivity index (χ3n) is 3.54. The molecule has 1 fully saturated rings. The van der Waals surface area contributed by atoms with Crippen LogP contribution in [0.25, 0.3) is 0 Å². The van der Waals surface area contributed by atoms with E-state index in [9.17, 15) is 4.79 Å². The van der Waals surface area contributed by atoms with E-state index in [1.54, 1.807) is 23.7 Å². The Morgan fingerprint density at radius 1 is 1.62 bits per heavy atom. The van der Waals surface area contributed by atoms with Gasteiger partial charge in [-0.1, -0.05) is 11.3 Å². The molecule has 0 radical (unpaired) electrons. The van der Waals surface area contributed by atoms with Crippen LogP contribution in [-0.4, -0.2) is 60.5 Å². The van der Waals surface area contributed by atoms with Crippen molar-refractivity contribution >= 4 is 40.0 Å². The van der Waals surface area contributed by atoms with Crippen LogP contribution in [0.2, 0.25) is 0 Å². The maximum atomic E-state index is 12.4. The van der Waals surface area contributed by atoms with Gasteiger partial charge in [0.2, 0.25) is 0 Å². The minimum Gasteiger partial charge on any atom is -0.382 e. The van der Waals surface area contributed by atoms with Gasteiger partial charge in [-0.25, -0.2) is 4.98 Å². The Balaban J connectivity index is 2.09. The minimum atomic E-state index is -0.0494. The number of nitrogens with zero attached hydrogens (tertiary/aromatic N) is 3. The van der Waals surface area contributed by atoms with E-state index in [1.807, 2.05) is 6.26 Å². The Labute approximate surface area is 133 Å². The predicted molar refractivity (Wildman–Crippen MR) is 91.3 cm³/mol. The average Bonchev–Trinajstić information content (AvgIpc) is 2.86. The number of amides is 1. The molecule has 1 unspecified atom stereocenters. The molecule has 0 aliphatic carbocycles. The highest BCUT2D eigenvalue weighted by Gasteiger charge is 2.24. The lowest BCUT2D eigenvalue weighted by molar-refractivity contribution is 0.0809. The summed E-state index contributed by atoms with van der Waals surface area (Å²) in [5.41, 5.74) is 11.9. The molecule has 1 aliphatic rings. The van der Waals surface area contributed by atoms with Crippen molar-refractivity contribution in [2.24, 2.45) is 5.73 Å². The summed E-state index contributed by atoms with van der Waals surface area (Å²) in [5, 5.41) is 0.810. The fourth-order valence-corrected chi connectivity index (χ4v) is 3.77. The SMILES string of the molecule is CSCCN(C)C(=O)c1sc(N2CCCC(N)C2)nc1N. The van der Waals surface area contributed by atoms with Crippen LogP contribution in [0.4, 0.5) is 10.9 Å². The highest BCUT2D eigenvalue weighted by atomic mass is 32.2. The molecule has 0 spiro atoms. The fourth-order valence-electron chi connectivity index (χ4n) is 2.30. The molecule has 118 valence electrons. The summed E-state index contributed by atoms with van der Waals surface area (Å²) in [6.45, 7) is 2.42. The number of thioether (sulfide) groups is 1. The lowest BCUT2D eigenvalue weighted by Gasteiger charge is -2.30. The third-order valence-corrected chi connectivity index (χ3v) is 5.25. The molecule has 2 rings (SSSR count). The first-order chi connectivity index (χ1) is 10.0. The van der Waals surface area contributed by atoms with Crippen molar-refractivity contribution in [2.75, 3.05) is 49.3 Å². The molecule has 0 saturated carbocycles. The molecule has 1 amide bonds. The number of thiazole rings is 1. The third kappa shape index (κ3) is 4.02. The molecule has 1 saturated heterocycles. The normalized spacial score (nSPS) is 18.8. The summed E-state index contributed by atoms with van der Waals surface area (Å²) in [7, 11) is 1.80. The second kappa shape index (κ2) is 7.33. The maximum absolute atomic E-state index is 12.4. The van der Waals surface area contributed by atoms with Crippen LogP contribution in [0.15, 0.2) is 0 Å². The molecular formula is C13H23N5OS2. The van der Waals surface area contributed by atoms with Crippen LogP contribution >= 0.6 is 23.1 Å². The van der Waals surface area contributed by atoms with Crippen molar-refractivity contribution in [3.8, 4) is 0 Å². The molecule has 6 nitrogen and oxygen atoms in total. The van der Waals surface area contributed by atoms with Gasteiger partial charge in [0.1, 0.15) is 10.7 Å². The first kappa shape index (κ1) is 16.4. The second-order valence-corrected chi connectivity index (χ2v) is 7.24. The van der Waals surface area contributed by atoms with E-state index in [4.69, 9.17) is 11.5 Å². The van der Waals surface area contributed by atoms with Gasteiger partial charge in [-0.2, -0.15) is 11.8 Å². The van der Waals surface area contributed by atoms with E-state index in [1.165, 1.54) is 11.3 Å². The van der Waals surface area contributed by atoms with Crippen LogP contribution in [0.1, 0.15) is 22.5 Å². The molecule has 21 heavy (non-hydrogen) atoms. The molecule has 1 aliphatic heterocycles. The summed E-state index contributed by atoms with van der Waals surface area (Å²) in [6, 6.07) is 0.173. The summed E-state index contributed by atoms with van der Waals surface area (Å²) < 4.78 is 0. The summed E-state index contributed by atoms with van der Waals surface area (Å²) >= 11 is 3.09. The van der Waals surface area contributed by atoms with Crippen LogP contribution in [0.5, 0.6) is 0 Å². The van der Waals surface area contributed by atoms with Gasteiger partial charge < -0.3 is 21.3 Å². The van der Waals surface area contributed by atoms with E-state index < -0.39 is 0 Å². The van der Waals surface area contributed by atoms with Crippen molar-refractivity contribution < 1.29 is 4.79 Å². The number of aromatic nitrogens is 1. The van der Waals surface area contributed by atoms with E-state index in [0.717, 1.165) is 36.8 Å². The fraction of sp³-hybridized carbons (Fsp3) is 0.692. The Morgan fingerprint density at radius 2 is 2.38 bits per heavy atom. The van der Waals surface area contributed by atoms with Crippen LogP contribution in [-0.2, 0) is 0 Å². The molecule has 1 aromatic heterocycles.